The Morgan fingerprint density at radius 1 is 1.40 bits per heavy atom. The number of fused-ring (bicyclic) bond motifs is 1. The van der Waals surface area contributed by atoms with Crippen molar-refractivity contribution >= 4 is 6.29 Å². The molecule has 3 N–H and O–H groups in total. The number of hydrogen-bond donors (Lipinski definition) is 1. The Balaban J connectivity index is 0.000000144. The van der Waals surface area contributed by atoms with Gasteiger partial charge in [0, 0.05) is 13.2 Å². The highest BCUT2D eigenvalue weighted by atomic mass is 16.1. The number of carbonyl (C=O) groups excluding carboxylic acids is 1. The fourth-order valence-electron chi connectivity index (χ4n) is 2.26. The predicted molar refractivity (Wildman–Crippen MR) is 61.3 cm³/mol. The Bertz CT molecular complexity index is 311. The van der Waals surface area contributed by atoms with Crippen molar-refractivity contribution in [3.8, 4) is 0 Å². The lowest BCUT2D eigenvalue weighted by atomic mass is 10.3. The number of carbonyl (C=O) groups is 1. The van der Waals surface area contributed by atoms with Crippen LogP contribution in [0.5, 0.6) is 0 Å². The molecule has 0 spiro atoms. The summed E-state index contributed by atoms with van der Waals surface area (Å²) in [5, 5.41) is 0. The lowest BCUT2D eigenvalue weighted by Gasteiger charge is -1.88. The molecule has 84 valence electrons. The van der Waals surface area contributed by atoms with Gasteiger partial charge in [-0.1, -0.05) is 19.3 Å². The smallest absolute Gasteiger partial charge is 0.166 e. The summed E-state index contributed by atoms with van der Waals surface area (Å²) in [6.07, 6.45) is 8.91. The van der Waals surface area contributed by atoms with E-state index in [1.54, 1.807) is 29.9 Å². The number of hydrogen-bond acceptors (Lipinski definition) is 2. The number of nitrogens with zero attached hydrogens (tertiary/aromatic N) is 1. The summed E-state index contributed by atoms with van der Waals surface area (Å²) in [5.74, 6) is 2.43. The van der Waals surface area contributed by atoms with Gasteiger partial charge in [-0.15, -0.1) is 0 Å². The van der Waals surface area contributed by atoms with E-state index in [1.807, 2.05) is 19.3 Å². The summed E-state index contributed by atoms with van der Waals surface area (Å²) in [6, 6.07) is 3.61. The summed E-state index contributed by atoms with van der Waals surface area (Å²) in [7, 11) is 1.84. The molecule has 2 fully saturated rings. The molecular formula is C12H20N2O. The van der Waals surface area contributed by atoms with E-state index in [0.717, 1.165) is 6.29 Å². The van der Waals surface area contributed by atoms with Gasteiger partial charge in [-0.05, 0) is 30.4 Å². The molecule has 1 heterocycles. The van der Waals surface area contributed by atoms with E-state index in [9.17, 15) is 4.79 Å². The second kappa shape index (κ2) is 5.12. The summed E-state index contributed by atoms with van der Waals surface area (Å²) in [4.78, 5) is 10.1. The molecule has 0 saturated heterocycles. The molecule has 0 bridgehead atoms. The summed E-state index contributed by atoms with van der Waals surface area (Å²) in [5.41, 5.74) is 0.713. The second-order valence-electron chi connectivity index (χ2n) is 4.35. The van der Waals surface area contributed by atoms with Crippen LogP contribution in [0.2, 0.25) is 0 Å². The Kier molecular flexibility index (Phi) is 4.09. The molecule has 1 unspecified atom stereocenters. The molecule has 2 aliphatic carbocycles. The molecule has 2 saturated carbocycles. The molecule has 15 heavy (non-hydrogen) atoms. The number of aromatic nitrogens is 1. The first-order valence-electron chi connectivity index (χ1n) is 5.38. The van der Waals surface area contributed by atoms with Gasteiger partial charge in [-0.2, -0.15) is 0 Å². The van der Waals surface area contributed by atoms with Crippen LogP contribution in [0, 0.1) is 11.8 Å². The third-order valence-electron chi connectivity index (χ3n) is 3.32. The van der Waals surface area contributed by atoms with Crippen molar-refractivity contribution in [2.24, 2.45) is 18.9 Å². The van der Waals surface area contributed by atoms with Crippen LogP contribution in [0.3, 0.4) is 0 Å². The van der Waals surface area contributed by atoms with Crippen LogP contribution >= 0.6 is 0 Å². The van der Waals surface area contributed by atoms with Crippen LogP contribution in [0.15, 0.2) is 18.3 Å². The molecular weight excluding hydrogens is 188 g/mol. The van der Waals surface area contributed by atoms with Gasteiger partial charge in [-0.3, -0.25) is 4.79 Å². The molecule has 2 aliphatic rings. The molecule has 0 radical (unpaired) electrons. The van der Waals surface area contributed by atoms with E-state index in [1.165, 1.54) is 18.3 Å². The van der Waals surface area contributed by atoms with Crippen molar-refractivity contribution in [1.29, 1.82) is 0 Å². The average Bonchev–Trinajstić information content (AvgIpc) is 2.64. The quantitative estimate of drug-likeness (QED) is 0.721. The van der Waals surface area contributed by atoms with Gasteiger partial charge in [0.15, 0.2) is 6.29 Å². The van der Waals surface area contributed by atoms with Gasteiger partial charge in [-0.25, -0.2) is 0 Å². The van der Waals surface area contributed by atoms with E-state index in [2.05, 4.69) is 0 Å². The zero-order chi connectivity index (χ0) is 9.97. The van der Waals surface area contributed by atoms with E-state index in [-0.39, 0.29) is 6.15 Å². The molecule has 1 aromatic rings. The largest absolute Gasteiger partial charge is 0.348 e. The molecule has 0 amide bonds. The Morgan fingerprint density at radius 3 is 2.27 bits per heavy atom. The van der Waals surface area contributed by atoms with Gasteiger partial charge in [0.25, 0.3) is 0 Å². The van der Waals surface area contributed by atoms with E-state index in [4.69, 9.17) is 0 Å². The number of aryl methyl sites for hydroxylation is 1. The third kappa shape index (κ3) is 2.93. The maximum atomic E-state index is 10.1. The lowest BCUT2D eigenvalue weighted by molar-refractivity contribution is 0.111. The molecule has 0 aromatic carbocycles. The SMILES string of the molecule is C1CC2C[C@@H]2C1.Cn1cccc1C=O.N. The molecule has 1 aromatic heterocycles. The van der Waals surface area contributed by atoms with Crippen LogP contribution in [-0.4, -0.2) is 10.9 Å². The minimum absolute atomic E-state index is 0. The standard InChI is InChI=1S/C6H7NO.C6H10.H3N/c1-7-4-2-3-6(7)5-8;1-2-5-4-6(5)3-1;/h2-5H,1H3;5-6H,1-4H2;1H3/t;5-,6?;/m.0./s1. The van der Waals surface area contributed by atoms with Crippen molar-refractivity contribution < 1.29 is 4.79 Å². The topological polar surface area (TPSA) is 57.0 Å². The van der Waals surface area contributed by atoms with Crippen LogP contribution in [-0.2, 0) is 7.05 Å². The van der Waals surface area contributed by atoms with E-state index in [0.29, 0.717) is 5.69 Å². The first-order valence-corrected chi connectivity index (χ1v) is 5.38. The molecule has 3 rings (SSSR count). The summed E-state index contributed by atoms with van der Waals surface area (Å²) in [6.45, 7) is 0. The van der Waals surface area contributed by atoms with Crippen molar-refractivity contribution in [2.75, 3.05) is 0 Å². The van der Waals surface area contributed by atoms with Gasteiger partial charge in [0.2, 0.25) is 0 Å². The van der Waals surface area contributed by atoms with Gasteiger partial charge >= 0.3 is 0 Å². The second-order valence-corrected chi connectivity index (χ2v) is 4.35. The molecule has 3 nitrogen and oxygen atoms in total. The highest BCUT2D eigenvalue weighted by Gasteiger charge is 2.40. The van der Waals surface area contributed by atoms with Crippen LogP contribution in [0.4, 0.5) is 0 Å². The fourth-order valence-corrected chi connectivity index (χ4v) is 2.26. The minimum atomic E-state index is 0. The van der Waals surface area contributed by atoms with E-state index < -0.39 is 0 Å². The van der Waals surface area contributed by atoms with Crippen LogP contribution < -0.4 is 6.15 Å². The van der Waals surface area contributed by atoms with Crippen molar-refractivity contribution in [2.45, 2.75) is 25.7 Å². The van der Waals surface area contributed by atoms with E-state index >= 15 is 0 Å². The molecule has 3 heteroatoms. The van der Waals surface area contributed by atoms with Gasteiger partial charge in [0.05, 0.1) is 5.69 Å². The normalized spacial score (nSPS) is 25.7. The minimum Gasteiger partial charge on any atom is -0.348 e. The summed E-state index contributed by atoms with van der Waals surface area (Å²) >= 11 is 0. The average molecular weight is 208 g/mol. The number of rotatable bonds is 1. The van der Waals surface area contributed by atoms with Crippen molar-refractivity contribution in [3.05, 3.63) is 24.0 Å². The lowest BCUT2D eigenvalue weighted by Crippen LogP contribution is -1.90. The van der Waals surface area contributed by atoms with Crippen molar-refractivity contribution in [3.63, 3.8) is 0 Å². The Labute approximate surface area is 91.1 Å². The third-order valence-corrected chi connectivity index (χ3v) is 3.32. The Hall–Kier alpha value is -1.09. The maximum Gasteiger partial charge on any atom is 0.166 e. The zero-order valence-electron chi connectivity index (χ0n) is 9.36. The maximum absolute atomic E-state index is 10.1. The Morgan fingerprint density at radius 2 is 2.07 bits per heavy atom. The first-order chi connectivity index (χ1) is 6.81. The molecule has 2 atom stereocenters. The first kappa shape index (κ1) is 12.0. The van der Waals surface area contributed by atoms with Crippen LogP contribution in [0.25, 0.3) is 0 Å². The highest BCUT2D eigenvalue weighted by molar-refractivity contribution is 5.72. The van der Waals surface area contributed by atoms with Gasteiger partial charge < -0.3 is 10.7 Å². The zero-order valence-corrected chi connectivity index (χ0v) is 9.36. The van der Waals surface area contributed by atoms with Crippen molar-refractivity contribution in [1.82, 2.24) is 10.7 Å². The number of aldehydes is 1. The monoisotopic (exact) mass is 208 g/mol. The fraction of sp³-hybridized carbons (Fsp3) is 0.583. The van der Waals surface area contributed by atoms with Crippen LogP contribution in [0.1, 0.15) is 36.2 Å². The molecule has 0 aliphatic heterocycles. The highest BCUT2D eigenvalue weighted by Crippen LogP contribution is 2.51. The predicted octanol–water partition coefficient (Wildman–Crippen LogP) is 2.81. The summed E-state index contributed by atoms with van der Waals surface area (Å²) < 4.78 is 1.77. The van der Waals surface area contributed by atoms with Gasteiger partial charge in [0.1, 0.15) is 0 Å².